The van der Waals surface area contributed by atoms with Crippen molar-refractivity contribution in [3.8, 4) is 0 Å². The number of hydrogen-bond acceptors (Lipinski definition) is 2. The smallest absolute Gasteiger partial charge is 0.109 e. The molecule has 1 heterocycles. The Morgan fingerprint density at radius 2 is 2.09 bits per heavy atom. The number of hydrogen-bond donors (Lipinski definition) is 1. The molecule has 11 heavy (non-hydrogen) atoms. The van der Waals surface area contributed by atoms with Crippen molar-refractivity contribution < 1.29 is 0 Å². The Kier molecular flexibility index (Phi) is 2.60. The molecule has 0 aromatic carbocycles. The maximum Gasteiger partial charge on any atom is 0.109 e. The Morgan fingerprint density at radius 3 is 2.91 bits per heavy atom. The van der Waals surface area contributed by atoms with Crippen LogP contribution < -0.4 is 0 Å². The minimum Gasteiger partial charge on any atom is -0.268 e. The summed E-state index contributed by atoms with van der Waals surface area (Å²) >= 11 is 0. The molecule has 0 aliphatic heterocycles. The normalized spacial score (nSPS) is 8.91. The zero-order valence-corrected chi connectivity index (χ0v) is 6.70. The van der Waals surface area contributed by atoms with Crippen LogP contribution in [0.4, 0.5) is 0 Å². The largest absolute Gasteiger partial charge is 0.268 e. The van der Waals surface area contributed by atoms with E-state index in [0.29, 0.717) is 0 Å². The van der Waals surface area contributed by atoms with Gasteiger partial charge < -0.3 is 0 Å². The van der Waals surface area contributed by atoms with Crippen LogP contribution in [0.5, 0.6) is 0 Å². The minimum atomic E-state index is 0.961. The lowest BCUT2D eigenvalue weighted by atomic mass is 10.3. The molecule has 0 bridgehead atoms. The third-order valence-electron chi connectivity index (χ3n) is 1.26. The molecule has 1 aromatic rings. The summed E-state index contributed by atoms with van der Waals surface area (Å²) in [6, 6.07) is 3.92. The molecule has 0 aliphatic rings. The second kappa shape index (κ2) is 3.71. The van der Waals surface area contributed by atoms with E-state index in [9.17, 15) is 0 Å². The van der Waals surface area contributed by atoms with E-state index < -0.39 is 0 Å². The Hall–Kier alpha value is -1.38. The van der Waals surface area contributed by atoms with Crippen molar-refractivity contribution >= 4 is 0 Å². The standard InChI is InChI=1S/C8H11N3/c1-7-3-4-8(2)9-6-11-10-5-7/h3-6H,1-2H3,(H,9,11). The second-order valence-corrected chi connectivity index (χ2v) is 2.36. The van der Waals surface area contributed by atoms with Crippen LogP contribution in [0.2, 0.25) is 0 Å². The molecule has 0 unspecified atom stereocenters. The van der Waals surface area contributed by atoms with Crippen LogP contribution in [0.3, 0.4) is 0 Å². The number of rotatable bonds is 0. The first-order valence-electron chi connectivity index (χ1n) is 3.45. The van der Waals surface area contributed by atoms with Crippen LogP contribution in [-0.2, 0) is 0 Å². The van der Waals surface area contributed by atoms with E-state index in [1.807, 2.05) is 26.0 Å². The van der Waals surface area contributed by atoms with Gasteiger partial charge in [-0.1, -0.05) is 6.07 Å². The SMILES string of the molecule is Cc1ccc(C)nc[nH]nc1. The first kappa shape index (κ1) is 7.72. The molecule has 3 nitrogen and oxygen atoms in total. The average Bonchev–Trinajstić information content (AvgIpc) is 2.06. The van der Waals surface area contributed by atoms with Crippen molar-refractivity contribution in [3.05, 3.63) is 35.9 Å². The summed E-state index contributed by atoms with van der Waals surface area (Å²) in [6.45, 7) is 3.92. The number of aromatic nitrogens is 3. The van der Waals surface area contributed by atoms with Gasteiger partial charge in [0.2, 0.25) is 0 Å². The maximum absolute atomic E-state index is 4.04. The van der Waals surface area contributed by atoms with Gasteiger partial charge in [0.15, 0.2) is 0 Å². The Morgan fingerprint density at radius 1 is 1.27 bits per heavy atom. The fourth-order valence-corrected chi connectivity index (χ4v) is 0.641. The summed E-state index contributed by atoms with van der Waals surface area (Å²) in [5.74, 6) is 0. The molecule has 0 saturated heterocycles. The average molecular weight is 149 g/mol. The molecule has 1 aromatic heterocycles. The summed E-state index contributed by atoms with van der Waals surface area (Å²) in [5, 5.41) is 6.56. The van der Waals surface area contributed by atoms with Gasteiger partial charge >= 0.3 is 0 Å². The van der Waals surface area contributed by atoms with E-state index in [4.69, 9.17) is 0 Å². The van der Waals surface area contributed by atoms with Crippen molar-refractivity contribution in [3.63, 3.8) is 0 Å². The highest BCUT2D eigenvalue weighted by atomic mass is 15.1. The van der Waals surface area contributed by atoms with E-state index in [1.165, 1.54) is 0 Å². The predicted octanol–water partition coefficient (Wildman–Crippen LogP) is 1.55. The summed E-state index contributed by atoms with van der Waals surface area (Å²) < 4.78 is 0. The quantitative estimate of drug-likeness (QED) is 0.608. The zero-order valence-electron chi connectivity index (χ0n) is 6.70. The molecule has 0 atom stereocenters. The van der Waals surface area contributed by atoms with Crippen molar-refractivity contribution in [1.82, 2.24) is 15.2 Å². The third kappa shape index (κ3) is 2.80. The Balaban J connectivity index is 3.23. The number of nitrogens with zero attached hydrogens (tertiary/aromatic N) is 2. The Bertz CT molecular complexity index is 250. The molecular weight excluding hydrogens is 138 g/mol. The predicted molar refractivity (Wildman–Crippen MR) is 43.5 cm³/mol. The van der Waals surface area contributed by atoms with Crippen molar-refractivity contribution in [2.75, 3.05) is 0 Å². The summed E-state index contributed by atoms with van der Waals surface area (Å²) in [5.41, 5.74) is 2.06. The molecule has 1 N–H and O–H groups in total. The van der Waals surface area contributed by atoms with E-state index >= 15 is 0 Å². The number of H-pyrrole nitrogens is 1. The van der Waals surface area contributed by atoms with Gasteiger partial charge in [0, 0.05) is 5.69 Å². The first-order chi connectivity index (χ1) is 5.29. The van der Waals surface area contributed by atoms with Gasteiger partial charge in [0.05, 0.1) is 6.20 Å². The highest BCUT2D eigenvalue weighted by Gasteiger charge is 1.77. The zero-order chi connectivity index (χ0) is 8.10. The molecular formula is C8H11N3. The van der Waals surface area contributed by atoms with Gasteiger partial charge in [0.1, 0.15) is 6.33 Å². The van der Waals surface area contributed by atoms with E-state index in [0.717, 1.165) is 11.3 Å². The van der Waals surface area contributed by atoms with Crippen LogP contribution in [0.25, 0.3) is 0 Å². The van der Waals surface area contributed by atoms with Crippen molar-refractivity contribution in [2.45, 2.75) is 13.8 Å². The lowest BCUT2D eigenvalue weighted by molar-refractivity contribution is 0.994. The number of aromatic amines is 1. The topological polar surface area (TPSA) is 41.6 Å². The van der Waals surface area contributed by atoms with Gasteiger partial charge in [-0.15, -0.1) is 0 Å². The van der Waals surface area contributed by atoms with Gasteiger partial charge in [-0.05, 0) is 25.5 Å². The van der Waals surface area contributed by atoms with Crippen LogP contribution >= 0.6 is 0 Å². The molecule has 0 spiro atoms. The summed E-state index contributed by atoms with van der Waals surface area (Å²) in [4.78, 5) is 4.04. The van der Waals surface area contributed by atoms with Gasteiger partial charge in [-0.2, -0.15) is 5.10 Å². The minimum absolute atomic E-state index is 0.961. The monoisotopic (exact) mass is 149 g/mol. The lowest BCUT2D eigenvalue weighted by Crippen LogP contribution is -1.73. The van der Waals surface area contributed by atoms with Crippen molar-refractivity contribution in [1.29, 1.82) is 0 Å². The van der Waals surface area contributed by atoms with Crippen molar-refractivity contribution in [2.24, 2.45) is 0 Å². The molecule has 58 valence electrons. The summed E-state index contributed by atoms with van der Waals surface area (Å²) in [6.07, 6.45) is 3.32. The first-order valence-corrected chi connectivity index (χ1v) is 3.45. The molecule has 0 aliphatic carbocycles. The van der Waals surface area contributed by atoms with Gasteiger partial charge in [-0.25, -0.2) is 4.98 Å². The van der Waals surface area contributed by atoms with Crippen LogP contribution in [0.15, 0.2) is 24.7 Å². The summed E-state index contributed by atoms with van der Waals surface area (Å²) in [7, 11) is 0. The second-order valence-electron chi connectivity index (χ2n) is 2.36. The molecule has 3 heteroatoms. The third-order valence-corrected chi connectivity index (χ3v) is 1.26. The fraction of sp³-hybridized carbons (Fsp3) is 0.250. The van der Waals surface area contributed by atoms with E-state index in [2.05, 4.69) is 15.2 Å². The number of aryl methyl sites for hydroxylation is 2. The molecule has 0 saturated carbocycles. The highest BCUT2D eigenvalue weighted by Crippen LogP contribution is 1.89. The van der Waals surface area contributed by atoms with Crippen LogP contribution in [-0.4, -0.2) is 15.2 Å². The molecule has 0 radical (unpaired) electrons. The van der Waals surface area contributed by atoms with E-state index in [1.54, 1.807) is 12.5 Å². The van der Waals surface area contributed by atoms with E-state index in [-0.39, 0.29) is 0 Å². The molecule has 1 rings (SSSR count). The highest BCUT2D eigenvalue weighted by molar-refractivity contribution is 5.05. The number of nitrogens with one attached hydrogen (secondary N) is 1. The fourth-order valence-electron chi connectivity index (χ4n) is 0.641. The lowest BCUT2D eigenvalue weighted by Gasteiger charge is -1.79. The van der Waals surface area contributed by atoms with Crippen LogP contribution in [0.1, 0.15) is 11.3 Å². The Labute approximate surface area is 65.8 Å². The maximum atomic E-state index is 4.04. The van der Waals surface area contributed by atoms with Gasteiger partial charge in [-0.3, -0.25) is 5.10 Å². The molecule has 0 fully saturated rings. The van der Waals surface area contributed by atoms with Crippen LogP contribution in [0, 0.1) is 13.8 Å². The van der Waals surface area contributed by atoms with Gasteiger partial charge in [0.25, 0.3) is 0 Å². The molecule has 0 amide bonds.